The van der Waals surface area contributed by atoms with Gasteiger partial charge in [0.15, 0.2) is 0 Å². The van der Waals surface area contributed by atoms with Crippen molar-refractivity contribution in [2.24, 2.45) is 0 Å². The van der Waals surface area contributed by atoms with E-state index < -0.39 is 36.6 Å². The van der Waals surface area contributed by atoms with Gasteiger partial charge < -0.3 is 9.84 Å². The summed E-state index contributed by atoms with van der Waals surface area (Å²) in [4.78, 5) is 23.4. The Morgan fingerprint density at radius 1 is 1.28 bits per heavy atom. The lowest BCUT2D eigenvalue weighted by molar-refractivity contribution is -0.143. The van der Waals surface area contributed by atoms with E-state index in [2.05, 4.69) is 0 Å². The second-order valence-corrected chi connectivity index (χ2v) is 4.91. The van der Waals surface area contributed by atoms with Crippen LogP contribution in [0.25, 0.3) is 0 Å². The van der Waals surface area contributed by atoms with Gasteiger partial charge in [-0.3, -0.25) is 4.90 Å². The highest BCUT2D eigenvalue weighted by Crippen LogP contribution is 2.15. The highest BCUT2D eigenvalue weighted by Gasteiger charge is 2.30. The molecule has 0 unspecified atom stereocenters. The van der Waals surface area contributed by atoms with E-state index in [0.717, 1.165) is 4.90 Å². The van der Waals surface area contributed by atoms with Crippen molar-refractivity contribution in [2.45, 2.75) is 51.7 Å². The summed E-state index contributed by atoms with van der Waals surface area (Å²) in [5, 5.41) is 8.91. The standard InChI is InChI=1S/C11H19F2NO4/c1-11(2,3)18-10(17)14(4)7(9(15)16)5-6-8(12)13/h7-8H,5-6H2,1-4H3,(H,15,16)/t7-/m0/s1. The number of likely N-dealkylation sites (N-methyl/N-ethyl adjacent to an activating group) is 1. The van der Waals surface area contributed by atoms with E-state index in [9.17, 15) is 18.4 Å². The monoisotopic (exact) mass is 267 g/mol. The highest BCUT2D eigenvalue weighted by atomic mass is 19.3. The second-order valence-electron chi connectivity index (χ2n) is 4.91. The van der Waals surface area contributed by atoms with E-state index in [4.69, 9.17) is 9.84 Å². The zero-order chi connectivity index (χ0) is 14.5. The smallest absolute Gasteiger partial charge is 0.410 e. The van der Waals surface area contributed by atoms with Crippen molar-refractivity contribution in [3.05, 3.63) is 0 Å². The maximum Gasteiger partial charge on any atom is 0.410 e. The maximum absolute atomic E-state index is 12.1. The van der Waals surface area contributed by atoms with Gasteiger partial charge in [-0.25, -0.2) is 18.4 Å². The lowest BCUT2D eigenvalue weighted by Gasteiger charge is -2.28. The molecule has 0 fully saturated rings. The van der Waals surface area contributed by atoms with Gasteiger partial charge in [-0.05, 0) is 27.2 Å². The Bertz CT molecular complexity index is 302. The van der Waals surface area contributed by atoms with E-state index in [0.29, 0.717) is 0 Å². The van der Waals surface area contributed by atoms with Gasteiger partial charge in [0.05, 0.1) is 0 Å². The Morgan fingerprint density at radius 3 is 2.11 bits per heavy atom. The fourth-order valence-electron chi connectivity index (χ4n) is 1.23. The first-order valence-electron chi connectivity index (χ1n) is 5.51. The molecule has 5 nitrogen and oxygen atoms in total. The molecule has 7 heteroatoms. The van der Waals surface area contributed by atoms with E-state index in [1.165, 1.54) is 7.05 Å². The molecule has 0 spiro atoms. The summed E-state index contributed by atoms with van der Waals surface area (Å²) in [6.45, 7) is 4.90. The molecule has 18 heavy (non-hydrogen) atoms. The van der Waals surface area contributed by atoms with Crippen LogP contribution in [0.4, 0.5) is 13.6 Å². The van der Waals surface area contributed by atoms with Crippen LogP contribution in [0.2, 0.25) is 0 Å². The predicted octanol–water partition coefficient (Wildman–Crippen LogP) is 2.35. The van der Waals surface area contributed by atoms with Crippen molar-refractivity contribution in [2.75, 3.05) is 7.05 Å². The molecule has 0 aliphatic rings. The molecule has 0 saturated heterocycles. The van der Waals surface area contributed by atoms with E-state index in [1.807, 2.05) is 0 Å². The summed E-state index contributed by atoms with van der Waals surface area (Å²) in [7, 11) is 1.22. The Morgan fingerprint density at radius 2 is 1.78 bits per heavy atom. The maximum atomic E-state index is 12.1. The van der Waals surface area contributed by atoms with E-state index >= 15 is 0 Å². The van der Waals surface area contributed by atoms with Gasteiger partial charge in [0, 0.05) is 13.5 Å². The zero-order valence-electron chi connectivity index (χ0n) is 10.9. The summed E-state index contributed by atoms with van der Waals surface area (Å²) in [6.07, 6.45) is -4.34. The molecule has 0 aromatic carbocycles. The van der Waals surface area contributed by atoms with Crippen LogP contribution in [0.15, 0.2) is 0 Å². The number of ether oxygens (including phenoxy) is 1. The van der Waals surface area contributed by atoms with Crippen molar-refractivity contribution in [1.82, 2.24) is 4.90 Å². The number of carboxylic acids is 1. The molecular weight excluding hydrogens is 248 g/mol. The molecule has 0 aliphatic carbocycles. The number of rotatable bonds is 5. The molecule has 0 aromatic rings. The first kappa shape index (κ1) is 16.6. The van der Waals surface area contributed by atoms with Crippen LogP contribution < -0.4 is 0 Å². The average Bonchev–Trinajstić information content (AvgIpc) is 2.13. The lowest BCUT2D eigenvalue weighted by Crippen LogP contribution is -2.45. The molecule has 0 aromatic heterocycles. The third kappa shape index (κ3) is 6.36. The second kappa shape index (κ2) is 6.51. The van der Waals surface area contributed by atoms with Crippen molar-refractivity contribution < 1.29 is 28.2 Å². The Hall–Kier alpha value is -1.40. The quantitative estimate of drug-likeness (QED) is 0.830. The van der Waals surface area contributed by atoms with E-state index in [1.54, 1.807) is 20.8 Å². The van der Waals surface area contributed by atoms with E-state index in [-0.39, 0.29) is 6.42 Å². The number of nitrogens with zero attached hydrogens (tertiary/aromatic N) is 1. The lowest BCUT2D eigenvalue weighted by atomic mass is 10.1. The zero-order valence-corrected chi connectivity index (χ0v) is 10.9. The molecule has 0 aliphatic heterocycles. The minimum atomic E-state index is -2.60. The molecule has 1 N–H and O–H groups in total. The predicted molar refractivity (Wildman–Crippen MR) is 60.7 cm³/mol. The number of carboxylic acid groups (broad SMARTS) is 1. The topological polar surface area (TPSA) is 66.8 Å². The van der Waals surface area contributed by atoms with Crippen LogP contribution in [-0.4, -0.2) is 47.2 Å². The van der Waals surface area contributed by atoms with Crippen LogP contribution in [0.3, 0.4) is 0 Å². The number of aliphatic carboxylic acids is 1. The van der Waals surface area contributed by atoms with Gasteiger partial charge in [0.1, 0.15) is 11.6 Å². The first-order chi connectivity index (χ1) is 8.04. The molecule has 0 heterocycles. The fraction of sp³-hybridized carbons (Fsp3) is 0.818. The van der Waals surface area contributed by atoms with Gasteiger partial charge in [-0.2, -0.15) is 0 Å². The SMILES string of the molecule is CN(C(=O)OC(C)(C)C)[C@@H](CCC(F)F)C(=O)O. The largest absolute Gasteiger partial charge is 0.480 e. The summed E-state index contributed by atoms with van der Waals surface area (Å²) < 4.78 is 29.1. The van der Waals surface area contributed by atoms with Crippen molar-refractivity contribution in [1.29, 1.82) is 0 Å². The fourth-order valence-corrected chi connectivity index (χ4v) is 1.23. The summed E-state index contributed by atoms with van der Waals surface area (Å²) in [5.74, 6) is -1.33. The van der Waals surface area contributed by atoms with Crippen molar-refractivity contribution in [3.63, 3.8) is 0 Å². The molecule has 0 radical (unpaired) electrons. The van der Waals surface area contributed by atoms with Crippen LogP contribution in [0.5, 0.6) is 0 Å². The molecule has 1 atom stereocenters. The molecule has 0 rings (SSSR count). The Labute approximate surface area is 105 Å². The minimum Gasteiger partial charge on any atom is -0.480 e. The van der Waals surface area contributed by atoms with Crippen molar-refractivity contribution >= 4 is 12.1 Å². The third-order valence-corrected chi connectivity index (χ3v) is 2.09. The molecule has 0 bridgehead atoms. The molecule has 0 saturated carbocycles. The van der Waals surface area contributed by atoms with Crippen molar-refractivity contribution in [3.8, 4) is 0 Å². The van der Waals surface area contributed by atoms with Crippen LogP contribution in [0, 0.1) is 0 Å². The molecule has 1 amide bonds. The Balaban J connectivity index is 4.61. The average molecular weight is 267 g/mol. The van der Waals surface area contributed by atoms with Crippen LogP contribution in [-0.2, 0) is 9.53 Å². The number of halogens is 2. The molecule has 106 valence electrons. The number of carbonyl (C=O) groups excluding carboxylic acids is 1. The minimum absolute atomic E-state index is 0.317. The number of amides is 1. The van der Waals surface area contributed by atoms with Crippen LogP contribution in [0.1, 0.15) is 33.6 Å². The number of carbonyl (C=O) groups is 2. The summed E-state index contributed by atoms with van der Waals surface area (Å²) >= 11 is 0. The van der Waals surface area contributed by atoms with Gasteiger partial charge in [0.25, 0.3) is 0 Å². The van der Waals surface area contributed by atoms with Crippen LogP contribution >= 0.6 is 0 Å². The number of hydrogen-bond acceptors (Lipinski definition) is 3. The van der Waals surface area contributed by atoms with Gasteiger partial charge in [-0.15, -0.1) is 0 Å². The normalized spacial score (nSPS) is 13.3. The summed E-state index contributed by atoms with van der Waals surface area (Å²) in [6, 6.07) is -1.31. The van der Waals surface area contributed by atoms with Gasteiger partial charge in [-0.1, -0.05) is 0 Å². The van der Waals surface area contributed by atoms with Gasteiger partial charge in [0.2, 0.25) is 6.43 Å². The third-order valence-electron chi connectivity index (χ3n) is 2.09. The highest BCUT2D eigenvalue weighted by molar-refractivity contribution is 5.79. The number of hydrogen-bond donors (Lipinski definition) is 1. The Kier molecular flexibility index (Phi) is 6.00. The molecular formula is C11H19F2NO4. The summed E-state index contributed by atoms with van der Waals surface area (Å²) in [5.41, 5.74) is -0.767. The van der Waals surface area contributed by atoms with Gasteiger partial charge >= 0.3 is 12.1 Å². The number of alkyl halides is 2. The first-order valence-corrected chi connectivity index (χ1v) is 5.51.